The lowest BCUT2D eigenvalue weighted by molar-refractivity contribution is -0.137. The second kappa shape index (κ2) is 11.9. The summed E-state index contributed by atoms with van der Waals surface area (Å²) in [5.41, 5.74) is -0.998. The van der Waals surface area contributed by atoms with Crippen LogP contribution < -0.4 is 21.9 Å². The zero-order valence-electron chi connectivity index (χ0n) is 23.6. The Kier molecular flexibility index (Phi) is 8.01. The number of carboxylic acid groups (broad SMARTS) is 1. The number of nitrogens with zero attached hydrogens (tertiary/aromatic N) is 2. The Labute approximate surface area is 275 Å². The number of halogens is 5. The van der Waals surface area contributed by atoms with E-state index in [0.29, 0.717) is 26.7 Å². The molecule has 0 bridgehead atoms. The van der Waals surface area contributed by atoms with Gasteiger partial charge in [0.25, 0.3) is 11.5 Å². The largest absolute Gasteiger partial charge is 0.480 e. The standard InChI is InChI=1S/C17H11BrClFN2O4.C15H8F2N2O2/c18-10-2-1-9(13(20)5-10)7-22-16(25)12-4-3-11(19)6-14(12)21(17(22)26)8-15(23)24;16-7-1-3-9-10-4-2-8(17)6-12(10)15(11(9)5-7)13(20)18-14(21)19-15/h1-6H,7-8H2,(H,23,24);1-6H,(H2,18,19,20,21). The number of carbonyl (C=O) groups excluding carboxylic acids is 2. The van der Waals surface area contributed by atoms with Gasteiger partial charge in [-0.25, -0.2) is 22.8 Å². The summed E-state index contributed by atoms with van der Waals surface area (Å²) in [5, 5.41) is 14.1. The van der Waals surface area contributed by atoms with Crippen LogP contribution in [0.1, 0.15) is 16.7 Å². The number of benzene rings is 4. The first-order valence-corrected chi connectivity index (χ1v) is 14.8. The molecule has 1 fully saturated rings. The van der Waals surface area contributed by atoms with E-state index in [1.54, 1.807) is 6.07 Å². The molecule has 47 heavy (non-hydrogen) atoms. The van der Waals surface area contributed by atoms with Crippen LogP contribution in [0, 0.1) is 17.5 Å². The van der Waals surface area contributed by atoms with Gasteiger partial charge in [0.1, 0.15) is 24.0 Å². The number of aromatic nitrogens is 2. The summed E-state index contributed by atoms with van der Waals surface area (Å²) in [5.74, 6) is -3.55. The number of fused-ring (bicyclic) bond motifs is 6. The number of hydrogen-bond donors (Lipinski definition) is 3. The van der Waals surface area contributed by atoms with Crippen LogP contribution in [0.3, 0.4) is 0 Å². The molecule has 4 aromatic carbocycles. The van der Waals surface area contributed by atoms with Crippen molar-refractivity contribution in [3.63, 3.8) is 0 Å². The van der Waals surface area contributed by atoms with Gasteiger partial charge in [-0.15, -0.1) is 0 Å². The van der Waals surface area contributed by atoms with E-state index in [4.69, 9.17) is 16.7 Å². The van der Waals surface area contributed by atoms with Gasteiger partial charge < -0.3 is 10.4 Å². The molecule has 7 rings (SSSR count). The Morgan fingerprint density at radius 3 is 2.04 bits per heavy atom. The number of amides is 3. The lowest BCUT2D eigenvalue weighted by Gasteiger charge is -2.23. The molecular weight excluding hydrogens is 709 g/mol. The summed E-state index contributed by atoms with van der Waals surface area (Å²) < 4.78 is 43.6. The van der Waals surface area contributed by atoms with Crippen molar-refractivity contribution in [1.29, 1.82) is 0 Å². The normalized spacial score (nSPS) is 13.9. The summed E-state index contributed by atoms with van der Waals surface area (Å²) in [6.45, 7) is -0.978. The van der Waals surface area contributed by atoms with Crippen molar-refractivity contribution in [2.45, 2.75) is 18.6 Å². The van der Waals surface area contributed by atoms with Crippen LogP contribution in [-0.4, -0.2) is 32.1 Å². The summed E-state index contributed by atoms with van der Waals surface area (Å²) in [7, 11) is 0. The van der Waals surface area contributed by atoms with Gasteiger partial charge in [0.15, 0.2) is 5.54 Å². The summed E-state index contributed by atoms with van der Waals surface area (Å²) in [6, 6.07) is 15.7. The van der Waals surface area contributed by atoms with Gasteiger partial charge in [-0.1, -0.05) is 45.7 Å². The Morgan fingerprint density at radius 1 is 0.851 bits per heavy atom. The van der Waals surface area contributed by atoms with E-state index in [1.165, 1.54) is 66.7 Å². The highest BCUT2D eigenvalue weighted by atomic mass is 79.9. The number of urea groups is 1. The second-order valence-corrected chi connectivity index (χ2v) is 11.9. The third-order valence-corrected chi connectivity index (χ3v) is 8.48. The Morgan fingerprint density at radius 2 is 1.49 bits per heavy atom. The van der Waals surface area contributed by atoms with E-state index >= 15 is 0 Å². The molecule has 2 aliphatic rings. The maximum absolute atomic E-state index is 14.1. The zero-order chi connectivity index (χ0) is 33.8. The fraction of sp³-hybridized carbons (Fsp3) is 0.0938. The number of carbonyl (C=O) groups is 3. The van der Waals surface area contributed by atoms with E-state index in [0.717, 1.165) is 9.13 Å². The van der Waals surface area contributed by atoms with Crippen molar-refractivity contribution >= 4 is 56.3 Å². The molecule has 3 N–H and O–H groups in total. The van der Waals surface area contributed by atoms with E-state index in [1.807, 2.05) is 0 Å². The molecule has 3 amide bonds. The molecule has 5 aromatic rings. The van der Waals surface area contributed by atoms with Crippen LogP contribution in [0.15, 0.2) is 86.9 Å². The second-order valence-electron chi connectivity index (χ2n) is 10.6. The average Bonchev–Trinajstić information content (AvgIpc) is 3.46. The maximum Gasteiger partial charge on any atom is 0.332 e. The molecule has 0 radical (unpaired) electrons. The number of aliphatic carboxylic acids is 1. The highest BCUT2D eigenvalue weighted by molar-refractivity contribution is 9.10. The molecule has 0 saturated carbocycles. The number of nitrogens with one attached hydrogen (secondary N) is 2. The smallest absolute Gasteiger partial charge is 0.332 e. The van der Waals surface area contributed by atoms with Crippen molar-refractivity contribution in [1.82, 2.24) is 19.8 Å². The zero-order valence-corrected chi connectivity index (χ0v) is 26.0. The molecule has 1 spiro atoms. The molecule has 2 heterocycles. The van der Waals surface area contributed by atoms with E-state index in [2.05, 4.69) is 26.6 Å². The molecule has 1 aliphatic carbocycles. The topological polar surface area (TPSA) is 139 Å². The predicted octanol–water partition coefficient (Wildman–Crippen LogP) is 4.88. The fourth-order valence-electron chi connectivity index (χ4n) is 5.74. The number of carboxylic acids is 1. The first kappa shape index (κ1) is 31.8. The van der Waals surface area contributed by atoms with E-state index in [-0.39, 0.29) is 28.0 Å². The quantitative estimate of drug-likeness (QED) is 0.226. The van der Waals surface area contributed by atoms with Gasteiger partial charge >= 0.3 is 17.7 Å². The average molecular weight is 728 g/mol. The molecule has 10 nitrogen and oxygen atoms in total. The van der Waals surface area contributed by atoms with E-state index in [9.17, 15) is 37.1 Å². The molecular formula is C32H19BrClF3N4O6. The minimum atomic E-state index is -1.56. The highest BCUT2D eigenvalue weighted by Crippen LogP contribution is 2.49. The van der Waals surface area contributed by atoms with Crippen molar-refractivity contribution < 1.29 is 32.7 Å². The van der Waals surface area contributed by atoms with Gasteiger partial charge in [0.2, 0.25) is 0 Å². The van der Waals surface area contributed by atoms with Crippen LogP contribution in [-0.2, 0) is 28.2 Å². The lowest BCUT2D eigenvalue weighted by Crippen LogP contribution is -2.43. The molecule has 0 unspecified atom stereocenters. The minimum absolute atomic E-state index is 0.113. The van der Waals surface area contributed by atoms with Crippen LogP contribution in [0.4, 0.5) is 18.0 Å². The Bertz CT molecular complexity index is 2260. The van der Waals surface area contributed by atoms with Gasteiger partial charge in [-0.2, -0.15) is 0 Å². The first-order chi connectivity index (χ1) is 22.3. The number of hydrogen-bond acceptors (Lipinski definition) is 5. The molecule has 1 aliphatic heterocycles. The first-order valence-electron chi connectivity index (χ1n) is 13.6. The van der Waals surface area contributed by atoms with Crippen molar-refractivity contribution in [2.75, 3.05) is 0 Å². The Balaban J connectivity index is 0.000000168. The molecule has 1 saturated heterocycles. The van der Waals surface area contributed by atoms with Crippen LogP contribution >= 0.6 is 27.5 Å². The molecule has 1 aromatic heterocycles. The molecule has 0 atom stereocenters. The fourth-order valence-corrected chi connectivity index (χ4v) is 6.24. The third kappa shape index (κ3) is 5.48. The highest BCUT2D eigenvalue weighted by Gasteiger charge is 2.55. The van der Waals surface area contributed by atoms with Crippen molar-refractivity contribution in [3.8, 4) is 11.1 Å². The maximum atomic E-state index is 14.1. The predicted molar refractivity (Wildman–Crippen MR) is 168 cm³/mol. The van der Waals surface area contributed by atoms with Gasteiger partial charge in [-0.05, 0) is 65.7 Å². The Hall–Kier alpha value is -5.21. The summed E-state index contributed by atoms with van der Waals surface area (Å²) in [4.78, 5) is 60.5. The van der Waals surface area contributed by atoms with Crippen molar-refractivity contribution in [3.05, 3.63) is 137 Å². The SMILES string of the molecule is O=C(O)Cn1c(=O)n(Cc2ccc(Br)cc2F)c(=O)c2ccc(Cl)cc21.O=C1NC(=O)C2(N1)c1cc(F)ccc1-c1ccc(F)cc12. The van der Waals surface area contributed by atoms with E-state index < -0.39 is 58.7 Å². The van der Waals surface area contributed by atoms with Crippen molar-refractivity contribution in [2.24, 2.45) is 0 Å². The van der Waals surface area contributed by atoms with Crippen LogP contribution in [0.25, 0.3) is 22.0 Å². The van der Waals surface area contributed by atoms with Crippen LogP contribution in [0.5, 0.6) is 0 Å². The molecule has 15 heteroatoms. The lowest BCUT2D eigenvalue weighted by atomic mass is 9.87. The summed E-state index contributed by atoms with van der Waals surface area (Å²) in [6.07, 6.45) is 0. The van der Waals surface area contributed by atoms with Gasteiger partial charge in [0.05, 0.1) is 17.4 Å². The monoisotopic (exact) mass is 726 g/mol. The van der Waals surface area contributed by atoms with Crippen LogP contribution in [0.2, 0.25) is 5.02 Å². The molecule has 238 valence electrons. The third-order valence-electron chi connectivity index (χ3n) is 7.75. The van der Waals surface area contributed by atoms with Gasteiger partial charge in [-0.3, -0.25) is 28.8 Å². The minimum Gasteiger partial charge on any atom is -0.480 e. The number of imide groups is 1. The summed E-state index contributed by atoms with van der Waals surface area (Å²) >= 11 is 9.05. The number of rotatable bonds is 4. The van der Waals surface area contributed by atoms with Gasteiger partial charge in [0, 0.05) is 26.2 Å².